The van der Waals surface area contributed by atoms with Gasteiger partial charge in [0.25, 0.3) is 5.91 Å². The SMILES string of the molecule is CC(C)C1(C(=O)O)CCN(C(=O)c2ccc(Br)cc2Cl)C1. The molecule has 1 aromatic rings. The van der Waals surface area contributed by atoms with Gasteiger partial charge in [0, 0.05) is 17.6 Å². The second-order valence-electron chi connectivity index (χ2n) is 5.72. The van der Waals surface area contributed by atoms with Crippen molar-refractivity contribution in [3.05, 3.63) is 33.3 Å². The molecule has 1 aliphatic heterocycles. The van der Waals surface area contributed by atoms with Crippen molar-refractivity contribution in [3.8, 4) is 0 Å². The number of benzene rings is 1. The summed E-state index contributed by atoms with van der Waals surface area (Å²) in [6.07, 6.45) is 0.472. The van der Waals surface area contributed by atoms with E-state index < -0.39 is 11.4 Å². The Balaban J connectivity index is 2.25. The summed E-state index contributed by atoms with van der Waals surface area (Å²) in [7, 11) is 0. The number of likely N-dealkylation sites (tertiary alicyclic amines) is 1. The van der Waals surface area contributed by atoms with Crippen molar-refractivity contribution in [1.29, 1.82) is 0 Å². The maximum atomic E-state index is 12.5. The van der Waals surface area contributed by atoms with Crippen molar-refractivity contribution in [1.82, 2.24) is 4.90 Å². The second kappa shape index (κ2) is 5.97. The van der Waals surface area contributed by atoms with Crippen LogP contribution in [0.25, 0.3) is 0 Å². The highest BCUT2D eigenvalue weighted by atomic mass is 79.9. The van der Waals surface area contributed by atoms with E-state index in [2.05, 4.69) is 15.9 Å². The highest BCUT2D eigenvalue weighted by molar-refractivity contribution is 9.10. The Morgan fingerprint density at radius 3 is 2.57 bits per heavy atom. The van der Waals surface area contributed by atoms with E-state index in [4.69, 9.17) is 11.6 Å². The number of carboxylic acid groups (broad SMARTS) is 1. The van der Waals surface area contributed by atoms with Gasteiger partial charge in [-0.1, -0.05) is 41.4 Å². The van der Waals surface area contributed by atoms with Gasteiger partial charge in [-0.3, -0.25) is 9.59 Å². The molecule has 114 valence electrons. The molecule has 1 aromatic carbocycles. The van der Waals surface area contributed by atoms with Crippen LogP contribution >= 0.6 is 27.5 Å². The van der Waals surface area contributed by atoms with Gasteiger partial charge in [-0.2, -0.15) is 0 Å². The Bertz CT molecular complexity index is 590. The van der Waals surface area contributed by atoms with Crippen LogP contribution < -0.4 is 0 Å². The number of nitrogens with zero attached hydrogens (tertiary/aromatic N) is 1. The first-order valence-electron chi connectivity index (χ1n) is 6.75. The first-order chi connectivity index (χ1) is 9.78. The average molecular weight is 375 g/mol. The number of amides is 1. The van der Waals surface area contributed by atoms with Crippen LogP contribution in [0.4, 0.5) is 0 Å². The molecule has 0 radical (unpaired) electrons. The van der Waals surface area contributed by atoms with Gasteiger partial charge in [-0.05, 0) is 30.5 Å². The van der Waals surface area contributed by atoms with Gasteiger partial charge >= 0.3 is 5.97 Å². The zero-order valence-corrected chi connectivity index (χ0v) is 14.2. The second-order valence-corrected chi connectivity index (χ2v) is 7.04. The molecule has 21 heavy (non-hydrogen) atoms. The standard InChI is InChI=1S/C15H17BrClNO3/c1-9(2)15(14(20)21)5-6-18(8-15)13(19)11-4-3-10(16)7-12(11)17/h3-4,7,9H,5-6,8H2,1-2H3,(H,20,21). The van der Waals surface area contributed by atoms with Crippen LogP contribution in [0.5, 0.6) is 0 Å². The van der Waals surface area contributed by atoms with E-state index in [0.29, 0.717) is 23.6 Å². The van der Waals surface area contributed by atoms with Gasteiger partial charge < -0.3 is 10.0 Å². The average Bonchev–Trinajstić information content (AvgIpc) is 2.84. The number of carbonyl (C=O) groups is 2. The smallest absolute Gasteiger partial charge is 0.311 e. The first kappa shape index (κ1) is 16.3. The van der Waals surface area contributed by atoms with E-state index in [1.807, 2.05) is 13.8 Å². The molecule has 1 saturated heterocycles. The van der Waals surface area contributed by atoms with E-state index in [1.54, 1.807) is 23.1 Å². The maximum Gasteiger partial charge on any atom is 0.311 e. The number of aliphatic carboxylic acids is 1. The summed E-state index contributed by atoms with van der Waals surface area (Å²) in [6.45, 7) is 4.43. The van der Waals surface area contributed by atoms with Crippen LogP contribution in [0.1, 0.15) is 30.6 Å². The van der Waals surface area contributed by atoms with E-state index in [-0.39, 0.29) is 18.4 Å². The van der Waals surface area contributed by atoms with E-state index >= 15 is 0 Å². The molecule has 0 spiro atoms. The summed E-state index contributed by atoms with van der Waals surface area (Å²) in [5, 5.41) is 9.89. The van der Waals surface area contributed by atoms with Crippen LogP contribution in [0.15, 0.2) is 22.7 Å². The molecule has 0 aromatic heterocycles. The van der Waals surface area contributed by atoms with Crippen LogP contribution in [-0.4, -0.2) is 35.0 Å². The predicted molar refractivity (Wildman–Crippen MR) is 84.6 cm³/mol. The number of hydrogen-bond donors (Lipinski definition) is 1. The number of rotatable bonds is 3. The van der Waals surface area contributed by atoms with Crippen LogP contribution in [0.3, 0.4) is 0 Å². The largest absolute Gasteiger partial charge is 0.481 e. The molecule has 0 saturated carbocycles. The summed E-state index contributed by atoms with van der Waals surface area (Å²) < 4.78 is 0.799. The van der Waals surface area contributed by atoms with Crippen molar-refractivity contribution >= 4 is 39.4 Å². The molecule has 1 aliphatic rings. The van der Waals surface area contributed by atoms with Crippen molar-refractivity contribution in [2.75, 3.05) is 13.1 Å². The van der Waals surface area contributed by atoms with Gasteiger partial charge in [0.05, 0.1) is 16.0 Å². The third kappa shape index (κ3) is 2.94. The topological polar surface area (TPSA) is 57.6 Å². The zero-order valence-electron chi connectivity index (χ0n) is 11.9. The van der Waals surface area contributed by atoms with Crippen molar-refractivity contribution in [2.45, 2.75) is 20.3 Å². The molecule has 0 aliphatic carbocycles. The quantitative estimate of drug-likeness (QED) is 0.878. The predicted octanol–water partition coefficient (Wildman–Crippen LogP) is 3.68. The summed E-state index contributed by atoms with van der Waals surface area (Å²) in [6, 6.07) is 5.07. The fraction of sp³-hybridized carbons (Fsp3) is 0.467. The lowest BCUT2D eigenvalue weighted by Gasteiger charge is -2.28. The minimum absolute atomic E-state index is 0.0341. The highest BCUT2D eigenvalue weighted by Gasteiger charge is 2.48. The molecular weight excluding hydrogens is 358 g/mol. The summed E-state index contributed by atoms with van der Waals surface area (Å²) in [4.78, 5) is 25.7. The lowest BCUT2D eigenvalue weighted by Crippen LogP contribution is -2.40. The van der Waals surface area contributed by atoms with Gasteiger partial charge in [0.2, 0.25) is 0 Å². The van der Waals surface area contributed by atoms with Crippen molar-refractivity contribution in [2.24, 2.45) is 11.3 Å². The fourth-order valence-corrected chi connectivity index (χ4v) is 3.49. The van der Waals surface area contributed by atoms with Gasteiger partial charge in [-0.15, -0.1) is 0 Å². The van der Waals surface area contributed by atoms with Crippen LogP contribution in [0, 0.1) is 11.3 Å². The number of hydrogen-bond acceptors (Lipinski definition) is 2. The fourth-order valence-electron chi connectivity index (χ4n) is 2.73. The molecular formula is C15H17BrClNO3. The monoisotopic (exact) mass is 373 g/mol. The molecule has 1 atom stereocenters. The normalized spacial score (nSPS) is 21.9. The van der Waals surface area contributed by atoms with E-state index in [1.165, 1.54) is 0 Å². The van der Waals surface area contributed by atoms with Crippen molar-refractivity contribution in [3.63, 3.8) is 0 Å². The van der Waals surface area contributed by atoms with Gasteiger partial charge in [0.15, 0.2) is 0 Å². The molecule has 4 nitrogen and oxygen atoms in total. The lowest BCUT2D eigenvalue weighted by molar-refractivity contribution is -0.150. The molecule has 1 N–H and O–H groups in total. The Hall–Kier alpha value is -1.07. The molecule has 0 bridgehead atoms. The Kier molecular flexibility index (Phi) is 4.63. The van der Waals surface area contributed by atoms with E-state index in [9.17, 15) is 14.7 Å². The Labute approximate surface area is 137 Å². The van der Waals surface area contributed by atoms with Crippen LogP contribution in [0.2, 0.25) is 5.02 Å². The molecule has 1 unspecified atom stereocenters. The lowest BCUT2D eigenvalue weighted by atomic mass is 9.76. The minimum atomic E-state index is -0.864. The van der Waals surface area contributed by atoms with Crippen molar-refractivity contribution < 1.29 is 14.7 Å². The van der Waals surface area contributed by atoms with E-state index in [0.717, 1.165) is 4.47 Å². The highest BCUT2D eigenvalue weighted by Crippen LogP contribution is 2.39. The molecule has 1 amide bonds. The Morgan fingerprint density at radius 1 is 1.43 bits per heavy atom. The third-order valence-electron chi connectivity index (χ3n) is 4.28. The summed E-state index contributed by atoms with van der Waals surface area (Å²) in [5.41, 5.74) is -0.456. The first-order valence-corrected chi connectivity index (χ1v) is 7.93. The zero-order chi connectivity index (χ0) is 15.8. The van der Waals surface area contributed by atoms with Crippen LogP contribution in [-0.2, 0) is 4.79 Å². The molecule has 6 heteroatoms. The molecule has 1 fully saturated rings. The third-order valence-corrected chi connectivity index (χ3v) is 5.09. The molecule has 1 heterocycles. The number of carboxylic acids is 1. The number of carbonyl (C=O) groups excluding carboxylic acids is 1. The number of halogens is 2. The summed E-state index contributed by atoms with van der Waals surface area (Å²) >= 11 is 9.40. The van der Waals surface area contributed by atoms with Gasteiger partial charge in [0.1, 0.15) is 0 Å². The Morgan fingerprint density at radius 2 is 2.10 bits per heavy atom. The summed E-state index contributed by atoms with van der Waals surface area (Å²) in [5.74, 6) is -1.08. The minimum Gasteiger partial charge on any atom is -0.481 e. The van der Waals surface area contributed by atoms with Gasteiger partial charge in [-0.25, -0.2) is 0 Å². The maximum absolute atomic E-state index is 12.5. The molecule has 2 rings (SSSR count).